The van der Waals surface area contributed by atoms with Crippen molar-refractivity contribution in [2.75, 3.05) is 13.1 Å². The molecule has 0 fully saturated rings. The van der Waals surface area contributed by atoms with E-state index in [1.807, 2.05) is 29.1 Å². The molecule has 0 aliphatic carbocycles. The average molecular weight is 258 g/mol. The van der Waals surface area contributed by atoms with E-state index in [4.69, 9.17) is 0 Å². The van der Waals surface area contributed by atoms with Crippen LogP contribution in [0.25, 0.3) is 5.69 Å². The van der Waals surface area contributed by atoms with Gasteiger partial charge in [-0.3, -0.25) is 0 Å². The van der Waals surface area contributed by atoms with Crippen molar-refractivity contribution in [3.63, 3.8) is 0 Å². The second kappa shape index (κ2) is 7.07. The third kappa shape index (κ3) is 4.50. The van der Waals surface area contributed by atoms with Crippen molar-refractivity contribution in [3.05, 3.63) is 48.3 Å². The van der Waals surface area contributed by atoms with Gasteiger partial charge >= 0.3 is 0 Å². The highest BCUT2D eigenvalue weighted by molar-refractivity contribution is 5.30. The van der Waals surface area contributed by atoms with E-state index in [1.54, 1.807) is 0 Å². The first-order valence-corrected chi connectivity index (χ1v) is 6.80. The van der Waals surface area contributed by atoms with Crippen molar-refractivity contribution in [2.24, 2.45) is 0 Å². The number of rotatable bonds is 7. The van der Waals surface area contributed by atoms with E-state index in [-0.39, 0.29) is 0 Å². The largest absolute Gasteiger partial charge is 0.313 e. The summed E-state index contributed by atoms with van der Waals surface area (Å²) < 4.78 is 1.91. The maximum atomic E-state index is 4.55. The van der Waals surface area contributed by atoms with Gasteiger partial charge in [0.2, 0.25) is 0 Å². The minimum atomic E-state index is 0.541. The molecule has 0 aliphatic rings. The van der Waals surface area contributed by atoms with E-state index in [0.29, 0.717) is 6.04 Å². The molecule has 1 aromatic heterocycles. The van der Waals surface area contributed by atoms with Crippen LogP contribution in [0.5, 0.6) is 0 Å². The molecule has 102 valence electrons. The summed E-state index contributed by atoms with van der Waals surface area (Å²) >= 11 is 0. The van der Waals surface area contributed by atoms with Crippen LogP contribution in [-0.2, 0) is 6.54 Å². The standard InChI is InChI=1S/C15H22N4/c1-13(2)17-10-9-16-12-14-8-11-19(18-14)15-6-4-3-5-7-15/h3-8,11,13,16-17H,9-10,12H2,1-2H3. The van der Waals surface area contributed by atoms with Crippen LogP contribution in [0.1, 0.15) is 19.5 Å². The van der Waals surface area contributed by atoms with Crippen LogP contribution in [0, 0.1) is 0 Å². The van der Waals surface area contributed by atoms with Crippen molar-refractivity contribution in [2.45, 2.75) is 26.4 Å². The van der Waals surface area contributed by atoms with E-state index in [2.05, 4.69) is 47.8 Å². The number of nitrogens with one attached hydrogen (secondary N) is 2. The fourth-order valence-electron chi connectivity index (χ4n) is 1.85. The minimum absolute atomic E-state index is 0.541. The molecule has 0 radical (unpaired) electrons. The predicted molar refractivity (Wildman–Crippen MR) is 78.4 cm³/mol. The fourth-order valence-corrected chi connectivity index (χ4v) is 1.85. The van der Waals surface area contributed by atoms with E-state index in [9.17, 15) is 0 Å². The smallest absolute Gasteiger partial charge is 0.0766 e. The summed E-state index contributed by atoms with van der Waals surface area (Å²) in [6, 6.07) is 12.7. The second-order valence-electron chi connectivity index (χ2n) is 4.87. The molecule has 4 nitrogen and oxygen atoms in total. The minimum Gasteiger partial charge on any atom is -0.313 e. The van der Waals surface area contributed by atoms with Crippen molar-refractivity contribution < 1.29 is 0 Å². The molecule has 0 saturated carbocycles. The molecule has 0 bridgehead atoms. The number of para-hydroxylation sites is 1. The van der Waals surface area contributed by atoms with Crippen molar-refractivity contribution in [3.8, 4) is 5.69 Å². The molecule has 0 amide bonds. The van der Waals surface area contributed by atoms with Gasteiger partial charge < -0.3 is 10.6 Å². The number of aromatic nitrogens is 2. The summed E-state index contributed by atoms with van der Waals surface area (Å²) in [7, 11) is 0. The Kier molecular flexibility index (Phi) is 5.12. The quantitative estimate of drug-likeness (QED) is 0.746. The molecule has 0 unspecified atom stereocenters. The van der Waals surface area contributed by atoms with Crippen LogP contribution >= 0.6 is 0 Å². The first-order valence-electron chi connectivity index (χ1n) is 6.80. The molecule has 0 aliphatic heterocycles. The fraction of sp³-hybridized carbons (Fsp3) is 0.400. The second-order valence-corrected chi connectivity index (χ2v) is 4.87. The number of hydrogen-bond acceptors (Lipinski definition) is 3. The Balaban J connectivity index is 1.78. The Morgan fingerprint density at radius 3 is 2.63 bits per heavy atom. The van der Waals surface area contributed by atoms with Gasteiger partial charge in [0.15, 0.2) is 0 Å². The Hall–Kier alpha value is -1.65. The topological polar surface area (TPSA) is 41.9 Å². The third-order valence-electron chi connectivity index (χ3n) is 2.83. The summed E-state index contributed by atoms with van der Waals surface area (Å²) in [6.07, 6.45) is 2.00. The molecule has 19 heavy (non-hydrogen) atoms. The van der Waals surface area contributed by atoms with Gasteiger partial charge in [-0.1, -0.05) is 32.0 Å². The van der Waals surface area contributed by atoms with Gasteiger partial charge in [0.1, 0.15) is 0 Å². The normalized spacial score (nSPS) is 11.1. The monoisotopic (exact) mass is 258 g/mol. The molecule has 1 heterocycles. The molecule has 2 aromatic rings. The van der Waals surface area contributed by atoms with Crippen LogP contribution < -0.4 is 10.6 Å². The van der Waals surface area contributed by atoms with Gasteiger partial charge in [-0.25, -0.2) is 4.68 Å². The molecule has 4 heteroatoms. The van der Waals surface area contributed by atoms with Crippen LogP contribution in [0.2, 0.25) is 0 Å². The Labute approximate surface area is 114 Å². The summed E-state index contributed by atoms with van der Waals surface area (Å²) in [4.78, 5) is 0. The lowest BCUT2D eigenvalue weighted by Gasteiger charge is -2.08. The maximum Gasteiger partial charge on any atom is 0.0766 e. The van der Waals surface area contributed by atoms with Gasteiger partial charge in [0.25, 0.3) is 0 Å². The van der Waals surface area contributed by atoms with Crippen LogP contribution in [0.3, 0.4) is 0 Å². The summed E-state index contributed by atoms with van der Waals surface area (Å²) in [5.41, 5.74) is 2.16. The number of hydrogen-bond donors (Lipinski definition) is 2. The molecule has 0 atom stereocenters. The van der Waals surface area contributed by atoms with Gasteiger partial charge in [0, 0.05) is 31.9 Å². The average Bonchev–Trinajstić information content (AvgIpc) is 2.88. The zero-order valence-electron chi connectivity index (χ0n) is 11.6. The molecular formula is C15H22N4. The van der Waals surface area contributed by atoms with E-state index in [1.165, 1.54) is 0 Å². The Morgan fingerprint density at radius 1 is 1.11 bits per heavy atom. The molecule has 0 saturated heterocycles. The lowest BCUT2D eigenvalue weighted by Crippen LogP contribution is -2.31. The number of nitrogens with zero attached hydrogens (tertiary/aromatic N) is 2. The molecule has 2 N–H and O–H groups in total. The van der Waals surface area contributed by atoms with Crippen molar-refractivity contribution >= 4 is 0 Å². The zero-order valence-corrected chi connectivity index (χ0v) is 11.6. The molecule has 0 spiro atoms. The van der Waals surface area contributed by atoms with Crippen LogP contribution in [0.15, 0.2) is 42.6 Å². The van der Waals surface area contributed by atoms with E-state index in [0.717, 1.165) is 31.0 Å². The Bertz CT molecular complexity index is 476. The first kappa shape index (κ1) is 13.8. The lowest BCUT2D eigenvalue weighted by molar-refractivity contribution is 0.552. The highest BCUT2D eigenvalue weighted by atomic mass is 15.3. The maximum absolute atomic E-state index is 4.55. The summed E-state index contributed by atoms with van der Waals surface area (Å²) in [5, 5.41) is 11.3. The van der Waals surface area contributed by atoms with Crippen LogP contribution in [0.4, 0.5) is 0 Å². The predicted octanol–water partition coefficient (Wildman–Crippen LogP) is 1.96. The van der Waals surface area contributed by atoms with E-state index < -0.39 is 0 Å². The number of benzene rings is 1. The van der Waals surface area contributed by atoms with E-state index >= 15 is 0 Å². The SMILES string of the molecule is CC(C)NCCNCc1ccn(-c2ccccc2)n1. The Morgan fingerprint density at radius 2 is 1.89 bits per heavy atom. The molecule has 2 rings (SSSR count). The zero-order chi connectivity index (χ0) is 13.5. The van der Waals surface area contributed by atoms with Crippen molar-refractivity contribution in [1.29, 1.82) is 0 Å². The lowest BCUT2D eigenvalue weighted by atomic mass is 10.3. The van der Waals surface area contributed by atoms with Gasteiger partial charge in [-0.15, -0.1) is 0 Å². The summed E-state index contributed by atoms with van der Waals surface area (Å²) in [5.74, 6) is 0. The first-order chi connectivity index (χ1) is 9.25. The van der Waals surface area contributed by atoms with Crippen molar-refractivity contribution in [1.82, 2.24) is 20.4 Å². The highest BCUT2D eigenvalue weighted by Crippen LogP contribution is 2.06. The molecule has 1 aromatic carbocycles. The third-order valence-corrected chi connectivity index (χ3v) is 2.83. The molecular weight excluding hydrogens is 236 g/mol. The van der Waals surface area contributed by atoms with Crippen LogP contribution in [-0.4, -0.2) is 28.9 Å². The highest BCUT2D eigenvalue weighted by Gasteiger charge is 2.00. The van der Waals surface area contributed by atoms with Gasteiger partial charge in [-0.2, -0.15) is 5.10 Å². The summed E-state index contributed by atoms with van der Waals surface area (Å²) in [6.45, 7) is 7.05. The van der Waals surface area contributed by atoms with Gasteiger partial charge in [0.05, 0.1) is 11.4 Å². The van der Waals surface area contributed by atoms with Gasteiger partial charge in [-0.05, 0) is 18.2 Å².